The zero-order chi connectivity index (χ0) is 25.7. The number of carbonyl (C=O) groups is 1. The van der Waals surface area contributed by atoms with Crippen LogP contribution in [0, 0.1) is 17.8 Å². The maximum Gasteiger partial charge on any atom is 0.270 e. The number of nitrogens with zero attached hydrogens (tertiary/aromatic N) is 3. The summed E-state index contributed by atoms with van der Waals surface area (Å²) in [6, 6.07) is 12.1. The molecule has 8 heteroatoms. The molecule has 37 heavy (non-hydrogen) atoms. The molecular formula is C29H38N4O4. The summed E-state index contributed by atoms with van der Waals surface area (Å²) in [6.45, 7) is 4.68. The van der Waals surface area contributed by atoms with Gasteiger partial charge in [0.2, 0.25) is 0 Å². The molecule has 7 rings (SSSR count). The molecule has 2 aromatic rings. The fourth-order valence-electron chi connectivity index (χ4n) is 7.71. The number of piperazine rings is 1. The van der Waals surface area contributed by atoms with E-state index in [0.29, 0.717) is 23.4 Å². The van der Waals surface area contributed by atoms with E-state index in [9.17, 15) is 9.90 Å². The number of aromatic nitrogens is 1. The predicted octanol–water partition coefficient (Wildman–Crippen LogP) is 3.48. The number of nitrogens with one attached hydrogen (secondary N) is 1. The number of methoxy groups -OCH3 is 2. The van der Waals surface area contributed by atoms with Gasteiger partial charge in [-0.3, -0.25) is 4.79 Å². The van der Waals surface area contributed by atoms with Crippen molar-refractivity contribution >= 4 is 17.4 Å². The molecule has 1 aromatic carbocycles. The van der Waals surface area contributed by atoms with Crippen LogP contribution in [0.5, 0.6) is 11.5 Å². The van der Waals surface area contributed by atoms with Gasteiger partial charge in [0.05, 0.1) is 19.8 Å². The molecule has 4 saturated carbocycles. The van der Waals surface area contributed by atoms with E-state index < -0.39 is 5.60 Å². The number of aliphatic hydroxyl groups is 1. The molecule has 4 aliphatic carbocycles. The first-order chi connectivity index (χ1) is 17.9. The van der Waals surface area contributed by atoms with Crippen LogP contribution in [-0.4, -0.2) is 67.5 Å². The Morgan fingerprint density at radius 1 is 1.05 bits per heavy atom. The van der Waals surface area contributed by atoms with Crippen molar-refractivity contribution in [2.45, 2.75) is 56.7 Å². The van der Waals surface area contributed by atoms with Crippen LogP contribution in [0.4, 0.5) is 11.5 Å². The van der Waals surface area contributed by atoms with E-state index in [1.807, 2.05) is 30.3 Å². The van der Waals surface area contributed by atoms with Crippen LogP contribution in [-0.2, 0) is 0 Å². The van der Waals surface area contributed by atoms with Gasteiger partial charge >= 0.3 is 0 Å². The second-order valence-electron chi connectivity index (χ2n) is 11.6. The Labute approximate surface area is 219 Å². The van der Waals surface area contributed by atoms with E-state index in [1.165, 1.54) is 0 Å². The standard InChI is InChI=1S/C29H38N4O4/c1-18-17-32(22-7-8-24(36-2)25(13-22)37-3)9-10-33(18)26-6-4-5-23(30-26)28(34)31-27-20-11-19-12-21(27)16-29(35,14-19)15-20/h4-8,13,18-21,27,35H,9-12,14-17H2,1-3H3,(H,31,34). The lowest BCUT2D eigenvalue weighted by molar-refractivity contribution is -0.136. The van der Waals surface area contributed by atoms with Crippen molar-refractivity contribution in [2.75, 3.05) is 43.7 Å². The van der Waals surface area contributed by atoms with Crippen molar-refractivity contribution in [3.8, 4) is 11.5 Å². The molecule has 0 spiro atoms. The molecule has 5 aliphatic rings. The van der Waals surface area contributed by atoms with Gasteiger partial charge in [-0.15, -0.1) is 0 Å². The number of ether oxygens (including phenoxy) is 2. The van der Waals surface area contributed by atoms with Crippen LogP contribution in [0.2, 0.25) is 0 Å². The topological polar surface area (TPSA) is 87.2 Å². The first-order valence-corrected chi connectivity index (χ1v) is 13.6. The van der Waals surface area contributed by atoms with Crippen molar-refractivity contribution in [3.05, 3.63) is 42.1 Å². The van der Waals surface area contributed by atoms with Gasteiger partial charge in [-0.25, -0.2) is 4.98 Å². The number of rotatable bonds is 6. The van der Waals surface area contributed by atoms with Gasteiger partial charge in [-0.1, -0.05) is 6.07 Å². The highest BCUT2D eigenvalue weighted by molar-refractivity contribution is 5.93. The molecule has 5 fully saturated rings. The molecule has 1 amide bonds. The Balaban J connectivity index is 1.12. The van der Waals surface area contributed by atoms with E-state index in [1.54, 1.807) is 14.2 Å². The second-order valence-corrected chi connectivity index (χ2v) is 11.6. The fourth-order valence-corrected chi connectivity index (χ4v) is 7.71. The van der Waals surface area contributed by atoms with Crippen LogP contribution >= 0.6 is 0 Å². The molecule has 4 bridgehead atoms. The molecular weight excluding hydrogens is 468 g/mol. The van der Waals surface area contributed by atoms with Crippen LogP contribution in [0.15, 0.2) is 36.4 Å². The molecule has 1 aromatic heterocycles. The highest BCUT2D eigenvalue weighted by Gasteiger charge is 2.55. The van der Waals surface area contributed by atoms with E-state index in [2.05, 4.69) is 28.1 Å². The first-order valence-electron chi connectivity index (χ1n) is 13.6. The van der Waals surface area contributed by atoms with Crippen molar-refractivity contribution < 1.29 is 19.4 Å². The Morgan fingerprint density at radius 2 is 1.81 bits per heavy atom. The van der Waals surface area contributed by atoms with Crippen molar-refractivity contribution in [3.63, 3.8) is 0 Å². The zero-order valence-corrected chi connectivity index (χ0v) is 22.0. The molecule has 8 nitrogen and oxygen atoms in total. The summed E-state index contributed by atoms with van der Waals surface area (Å²) >= 11 is 0. The van der Waals surface area contributed by atoms with Crippen LogP contribution in [0.3, 0.4) is 0 Å². The quantitative estimate of drug-likeness (QED) is 0.620. The number of carbonyl (C=O) groups excluding carboxylic acids is 1. The normalized spacial score (nSPS) is 32.4. The van der Waals surface area contributed by atoms with Crippen LogP contribution in [0.1, 0.15) is 49.5 Å². The molecule has 1 aliphatic heterocycles. The lowest BCUT2D eigenvalue weighted by atomic mass is 9.52. The second kappa shape index (κ2) is 9.39. The third-order valence-corrected chi connectivity index (χ3v) is 9.16. The number of hydrogen-bond acceptors (Lipinski definition) is 7. The minimum absolute atomic E-state index is 0.0945. The van der Waals surface area contributed by atoms with Gasteiger partial charge in [-0.05, 0) is 81.0 Å². The zero-order valence-electron chi connectivity index (χ0n) is 22.0. The lowest BCUT2D eigenvalue weighted by Crippen LogP contribution is -2.61. The third-order valence-electron chi connectivity index (χ3n) is 9.16. The van der Waals surface area contributed by atoms with E-state index >= 15 is 0 Å². The molecule has 1 saturated heterocycles. The summed E-state index contributed by atoms with van der Waals surface area (Å²) in [5.41, 5.74) is 1.08. The minimum Gasteiger partial charge on any atom is -0.493 e. The lowest BCUT2D eigenvalue weighted by Gasteiger charge is -2.58. The Bertz CT molecular complexity index is 1160. The maximum absolute atomic E-state index is 13.3. The van der Waals surface area contributed by atoms with Gasteiger partial charge in [0.25, 0.3) is 5.91 Å². The van der Waals surface area contributed by atoms with Gasteiger partial charge < -0.3 is 29.7 Å². The number of pyridine rings is 1. The van der Waals surface area contributed by atoms with Gasteiger partial charge in [0, 0.05) is 43.5 Å². The molecule has 3 atom stereocenters. The average molecular weight is 507 g/mol. The van der Waals surface area contributed by atoms with E-state index in [4.69, 9.17) is 14.5 Å². The highest BCUT2D eigenvalue weighted by atomic mass is 16.5. The summed E-state index contributed by atoms with van der Waals surface area (Å²) in [7, 11) is 3.30. The SMILES string of the molecule is COc1ccc(N2CCN(c3cccc(C(=O)NC4C5CC6CC4CC(O)(C6)C5)n3)C(C)C2)cc1OC. The summed E-state index contributed by atoms with van der Waals surface area (Å²) < 4.78 is 10.9. The Morgan fingerprint density at radius 3 is 2.49 bits per heavy atom. The largest absolute Gasteiger partial charge is 0.493 e. The van der Waals surface area contributed by atoms with E-state index in [-0.39, 0.29) is 18.0 Å². The molecule has 3 unspecified atom stereocenters. The van der Waals surface area contributed by atoms with E-state index in [0.717, 1.165) is 74.7 Å². The maximum atomic E-state index is 13.3. The van der Waals surface area contributed by atoms with Gasteiger partial charge in [-0.2, -0.15) is 0 Å². The van der Waals surface area contributed by atoms with Gasteiger partial charge in [0.1, 0.15) is 11.5 Å². The minimum atomic E-state index is -0.495. The number of amides is 1. The van der Waals surface area contributed by atoms with Crippen molar-refractivity contribution in [1.82, 2.24) is 10.3 Å². The van der Waals surface area contributed by atoms with Crippen molar-refractivity contribution in [2.24, 2.45) is 17.8 Å². The monoisotopic (exact) mass is 506 g/mol. The number of anilines is 2. The summed E-state index contributed by atoms with van der Waals surface area (Å²) in [4.78, 5) is 22.7. The Kier molecular flexibility index (Phi) is 6.18. The van der Waals surface area contributed by atoms with Crippen LogP contribution < -0.4 is 24.6 Å². The predicted molar refractivity (Wildman–Crippen MR) is 143 cm³/mol. The highest BCUT2D eigenvalue weighted by Crippen LogP contribution is 2.55. The van der Waals surface area contributed by atoms with Gasteiger partial charge in [0.15, 0.2) is 11.5 Å². The Hall–Kier alpha value is -3.00. The van der Waals surface area contributed by atoms with Crippen LogP contribution in [0.25, 0.3) is 0 Å². The summed E-state index contributed by atoms with van der Waals surface area (Å²) in [6.07, 6.45) is 4.83. The average Bonchev–Trinajstić information content (AvgIpc) is 2.89. The first kappa shape index (κ1) is 24.3. The number of hydrogen-bond donors (Lipinski definition) is 2. The molecule has 198 valence electrons. The fraction of sp³-hybridized carbons (Fsp3) is 0.586. The summed E-state index contributed by atoms with van der Waals surface area (Å²) in [5, 5.41) is 14.2. The molecule has 0 radical (unpaired) electrons. The smallest absolute Gasteiger partial charge is 0.270 e. The molecule has 2 heterocycles. The summed E-state index contributed by atoms with van der Waals surface area (Å²) in [5.74, 6) is 3.58. The molecule has 2 N–H and O–H groups in total. The third kappa shape index (κ3) is 4.49. The van der Waals surface area contributed by atoms with Crippen molar-refractivity contribution in [1.29, 1.82) is 0 Å². The number of benzene rings is 1.